The molecule has 27 heavy (non-hydrogen) atoms. The van der Waals surface area contributed by atoms with Crippen molar-refractivity contribution in [2.24, 2.45) is 0 Å². The molecule has 0 saturated heterocycles. The van der Waals surface area contributed by atoms with Crippen molar-refractivity contribution in [1.82, 2.24) is 15.0 Å². The Kier molecular flexibility index (Phi) is 5.59. The largest absolute Gasteiger partial charge is 0.497 e. The highest BCUT2D eigenvalue weighted by molar-refractivity contribution is 8.00. The number of nitrogens with zero attached hydrogens (tertiary/aromatic N) is 3. The zero-order valence-electron chi connectivity index (χ0n) is 14.5. The Labute approximate surface area is 158 Å². The second-order valence-electron chi connectivity index (χ2n) is 5.53. The summed E-state index contributed by atoms with van der Waals surface area (Å²) in [7, 11) is 3.07. The van der Waals surface area contributed by atoms with Crippen LogP contribution < -0.4 is 9.47 Å². The number of methoxy groups -OCH3 is 2. The maximum absolute atomic E-state index is 13.1. The summed E-state index contributed by atoms with van der Waals surface area (Å²) in [6.45, 7) is 0.158. The first-order chi connectivity index (χ1) is 12.9. The van der Waals surface area contributed by atoms with E-state index < -0.39 is 5.51 Å². The van der Waals surface area contributed by atoms with Crippen molar-refractivity contribution < 1.29 is 22.6 Å². The van der Waals surface area contributed by atoms with Gasteiger partial charge in [0.15, 0.2) is 0 Å². The minimum absolute atomic E-state index is 0.0662. The highest BCUT2D eigenvalue weighted by Crippen LogP contribution is 2.41. The van der Waals surface area contributed by atoms with Gasteiger partial charge in [-0.1, -0.05) is 17.3 Å². The van der Waals surface area contributed by atoms with Crippen LogP contribution in [0.1, 0.15) is 5.56 Å². The third-order valence-corrected chi connectivity index (χ3v) is 4.59. The maximum atomic E-state index is 13.1. The molecule has 1 aromatic heterocycles. The fraction of sp³-hybridized carbons (Fsp3) is 0.222. The quantitative estimate of drug-likeness (QED) is 0.570. The molecule has 142 valence electrons. The number of benzene rings is 2. The Morgan fingerprint density at radius 3 is 2.00 bits per heavy atom. The minimum Gasteiger partial charge on any atom is -0.497 e. The van der Waals surface area contributed by atoms with E-state index in [4.69, 9.17) is 9.47 Å². The summed E-state index contributed by atoms with van der Waals surface area (Å²) in [5.74, 6) is 1.27. The minimum atomic E-state index is -4.46. The molecule has 0 radical (unpaired) electrons. The van der Waals surface area contributed by atoms with Gasteiger partial charge in [-0.05, 0) is 42.0 Å². The summed E-state index contributed by atoms with van der Waals surface area (Å²) in [6.07, 6.45) is 0. The highest BCUT2D eigenvalue weighted by Gasteiger charge is 2.34. The van der Waals surface area contributed by atoms with Gasteiger partial charge in [-0.25, -0.2) is 4.68 Å². The van der Waals surface area contributed by atoms with Crippen LogP contribution in [0.3, 0.4) is 0 Å². The van der Waals surface area contributed by atoms with Crippen LogP contribution in [0.5, 0.6) is 11.5 Å². The van der Waals surface area contributed by atoms with Crippen molar-refractivity contribution >= 4 is 11.8 Å². The van der Waals surface area contributed by atoms with Crippen LogP contribution in [-0.4, -0.2) is 34.7 Å². The smallest absolute Gasteiger partial charge is 0.447 e. The fourth-order valence-electron chi connectivity index (χ4n) is 2.45. The summed E-state index contributed by atoms with van der Waals surface area (Å²) in [6, 6.07) is 13.7. The van der Waals surface area contributed by atoms with Crippen LogP contribution in [0.4, 0.5) is 13.2 Å². The van der Waals surface area contributed by atoms with Crippen LogP contribution in [0.25, 0.3) is 11.3 Å². The zero-order valence-corrected chi connectivity index (χ0v) is 15.3. The number of ether oxygens (including phenoxy) is 2. The molecule has 0 spiro atoms. The van der Waals surface area contributed by atoms with E-state index in [1.165, 1.54) is 11.8 Å². The van der Waals surface area contributed by atoms with Gasteiger partial charge in [-0.15, -0.1) is 5.10 Å². The monoisotopic (exact) mass is 395 g/mol. The lowest BCUT2D eigenvalue weighted by Crippen LogP contribution is -2.08. The summed E-state index contributed by atoms with van der Waals surface area (Å²) < 4.78 is 50.7. The van der Waals surface area contributed by atoms with Crippen molar-refractivity contribution in [3.05, 3.63) is 54.1 Å². The number of alkyl halides is 3. The van der Waals surface area contributed by atoms with E-state index in [1.807, 2.05) is 0 Å². The SMILES string of the molecule is COc1ccc(Cn2nnc(-c3ccc(OC)cc3)c2SC(F)(F)F)cc1. The van der Waals surface area contributed by atoms with Crippen molar-refractivity contribution in [3.8, 4) is 22.8 Å². The van der Waals surface area contributed by atoms with Gasteiger partial charge < -0.3 is 9.47 Å². The first kappa shape index (κ1) is 19.1. The highest BCUT2D eigenvalue weighted by atomic mass is 32.2. The average molecular weight is 395 g/mol. The lowest BCUT2D eigenvalue weighted by atomic mass is 10.1. The summed E-state index contributed by atoms with van der Waals surface area (Å²) in [5, 5.41) is 7.86. The summed E-state index contributed by atoms with van der Waals surface area (Å²) in [5.41, 5.74) is -2.97. The van der Waals surface area contributed by atoms with E-state index in [1.54, 1.807) is 55.6 Å². The first-order valence-electron chi connectivity index (χ1n) is 7.86. The summed E-state index contributed by atoms with van der Waals surface area (Å²) >= 11 is -0.226. The topological polar surface area (TPSA) is 49.2 Å². The fourth-order valence-corrected chi connectivity index (χ4v) is 3.13. The van der Waals surface area contributed by atoms with E-state index in [0.717, 1.165) is 5.56 Å². The molecular weight excluding hydrogens is 379 g/mol. The van der Waals surface area contributed by atoms with E-state index >= 15 is 0 Å². The lowest BCUT2D eigenvalue weighted by molar-refractivity contribution is -0.0330. The van der Waals surface area contributed by atoms with Gasteiger partial charge in [0.25, 0.3) is 0 Å². The van der Waals surface area contributed by atoms with Gasteiger partial charge >= 0.3 is 5.51 Å². The van der Waals surface area contributed by atoms with E-state index in [9.17, 15) is 13.2 Å². The van der Waals surface area contributed by atoms with E-state index in [-0.39, 0.29) is 29.0 Å². The van der Waals surface area contributed by atoms with E-state index in [2.05, 4.69) is 10.3 Å². The van der Waals surface area contributed by atoms with Crippen molar-refractivity contribution in [2.45, 2.75) is 17.1 Å². The number of hydrogen-bond acceptors (Lipinski definition) is 5. The van der Waals surface area contributed by atoms with Gasteiger partial charge in [0.05, 0.1) is 20.8 Å². The standard InChI is InChI=1S/C18H16F3N3O2S/c1-25-14-7-3-12(4-8-14)11-24-17(27-18(19,20)21)16(22-23-24)13-5-9-15(26-2)10-6-13/h3-10H,11H2,1-2H3. The van der Waals surface area contributed by atoms with Gasteiger partial charge in [0.1, 0.15) is 22.2 Å². The number of halogens is 3. The molecule has 2 aromatic carbocycles. The molecule has 0 saturated carbocycles. The van der Waals surface area contributed by atoms with Crippen LogP contribution in [0.15, 0.2) is 53.6 Å². The number of hydrogen-bond donors (Lipinski definition) is 0. The predicted octanol–water partition coefficient (Wildman–Crippen LogP) is 4.62. The van der Waals surface area contributed by atoms with Crippen molar-refractivity contribution in [3.63, 3.8) is 0 Å². The van der Waals surface area contributed by atoms with Gasteiger partial charge in [0.2, 0.25) is 0 Å². The van der Waals surface area contributed by atoms with Crippen LogP contribution >= 0.6 is 11.8 Å². The molecular formula is C18H16F3N3O2S. The maximum Gasteiger partial charge on any atom is 0.447 e. The Hall–Kier alpha value is -2.68. The number of rotatable bonds is 6. The van der Waals surface area contributed by atoms with Gasteiger partial charge in [-0.3, -0.25) is 0 Å². The molecule has 5 nitrogen and oxygen atoms in total. The molecule has 9 heteroatoms. The predicted molar refractivity (Wildman–Crippen MR) is 96.0 cm³/mol. The molecule has 0 aliphatic rings. The molecule has 0 amide bonds. The zero-order chi connectivity index (χ0) is 19.4. The summed E-state index contributed by atoms with van der Waals surface area (Å²) in [4.78, 5) is 0. The second kappa shape index (κ2) is 7.91. The average Bonchev–Trinajstić information content (AvgIpc) is 3.03. The molecule has 0 N–H and O–H groups in total. The normalized spacial score (nSPS) is 11.4. The lowest BCUT2D eigenvalue weighted by Gasteiger charge is -2.10. The third kappa shape index (κ3) is 4.73. The Bertz CT molecular complexity index is 894. The number of aromatic nitrogens is 3. The molecule has 0 aliphatic heterocycles. The molecule has 3 rings (SSSR count). The molecule has 1 heterocycles. The molecule has 0 aliphatic carbocycles. The van der Waals surface area contributed by atoms with Gasteiger partial charge in [0, 0.05) is 17.3 Å². The Morgan fingerprint density at radius 1 is 0.926 bits per heavy atom. The molecule has 0 atom stereocenters. The Balaban J connectivity index is 1.96. The first-order valence-corrected chi connectivity index (χ1v) is 8.68. The van der Waals surface area contributed by atoms with Crippen LogP contribution in [-0.2, 0) is 6.54 Å². The number of thioether (sulfide) groups is 1. The third-order valence-electron chi connectivity index (χ3n) is 3.76. The molecule has 0 bridgehead atoms. The molecule has 0 unspecified atom stereocenters. The van der Waals surface area contributed by atoms with Gasteiger partial charge in [-0.2, -0.15) is 13.2 Å². The second-order valence-corrected chi connectivity index (χ2v) is 6.58. The van der Waals surface area contributed by atoms with Crippen molar-refractivity contribution in [2.75, 3.05) is 14.2 Å². The Morgan fingerprint density at radius 2 is 1.48 bits per heavy atom. The molecule has 0 fully saturated rings. The van der Waals surface area contributed by atoms with Crippen LogP contribution in [0.2, 0.25) is 0 Å². The molecule has 3 aromatic rings. The van der Waals surface area contributed by atoms with Crippen LogP contribution in [0, 0.1) is 0 Å². The van der Waals surface area contributed by atoms with E-state index in [0.29, 0.717) is 17.1 Å². The van der Waals surface area contributed by atoms with Crippen molar-refractivity contribution in [1.29, 1.82) is 0 Å².